The van der Waals surface area contributed by atoms with Gasteiger partial charge in [-0.3, -0.25) is 9.59 Å². The Kier molecular flexibility index (Phi) is 6.61. The average Bonchev–Trinajstić information content (AvgIpc) is 2.83. The maximum Gasteiger partial charge on any atom is 0.293 e. The SMILES string of the molecule is Cc1c(NC(=O)c2ccc(C(C)(C)C)cc2)cccc1-c1cn(C)c(=O)c(Nc2ccc[n+]([O-])c2)n1. The second-order valence-electron chi connectivity index (χ2n) is 9.73. The van der Waals surface area contributed by atoms with Gasteiger partial charge in [-0.25, -0.2) is 4.98 Å². The molecule has 0 radical (unpaired) electrons. The van der Waals surface area contributed by atoms with Gasteiger partial charge in [-0.15, -0.1) is 0 Å². The van der Waals surface area contributed by atoms with Crippen molar-refractivity contribution >= 4 is 23.1 Å². The van der Waals surface area contributed by atoms with Gasteiger partial charge >= 0.3 is 0 Å². The third kappa shape index (κ3) is 5.27. The number of hydrogen-bond donors (Lipinski definition) is 2. The first-order valence-corrected chi connectivity index (χ1v) is 11.6. The van der Waals surface area contributed by atoms with Gasteiger partial charge in [0.05, 0.1) is 5.69 Å². The van der Waals surface area contributed by atoms with Crippen molar-refractivity contribution in [3.63, 3.8) is 0 Å². The molecule has 0 atom stereocenters. The van der Waals surface area contributed by atoms with Crippen LogP contribution in [0.15, 0.2) is 78.0 Å². The number of anilines is 3. The lowest BCUT2D eigenvalue weighted by Crippen LogP contribution is -2.26. The van der Waals surface area contributed by atoms with E-state index in [1.165, 1.54) is 17.0 Å². The number of aryl methyl sites for hydroxylation is 1. The highest BCUT2D eigenvalue weighted by Gasteiger charge is 2.17. The van der Waals surface area contributed by atoms with Crippen molar-refractivity contribution < 1.29 is 9.52 Å². The van der Waals surface area contributed by atoms with Crippen LogP contribution in [0.3, 0.4) is 0 Å². The first kappa shape index (κ1) is 24.7. The van der Waals surface area contributed by atoms with Gasteiger partial charge in [-0.05, 0) is 47.7 Å². The molecule has 0 saturated carbocycles. The van der Waals surface area contributed by atoms with Crippen LogP contribution in [0.5, 0.6) is 0 Å². The quantitative estimate of drug-likeness (QED) is 0.317. The van der Waals surface area contributed by atoms with Crippen LogP contribution in [-0.4, -0.2) is 15.5 Å². The molecule has 8 nitrogen and oxygen atoms in total. The van der Waals surface area contributed by atoms with Gasteiger partial charge in [-0.2, -0.15) is 4.73 Å². The summed E-state index contributed by atoms with van der Waals surface area (Å²) in [5, 5.41) is 17.5. The van der Waals surface area contributed by atoms with Crippen LogP contribution in [0.1, 0.15) is 42.3 Å². The monoisotopic (exact) mass is 483 g/mol. The molecule has 0 fully saturated rings. The molecular formula is C28H29N5O3. The van der Waals surface area contributed by atoms with Gasteiger partial charge in [0.1, 0.15) is 5.69 Å². The molecule has 4 aromatic rings. The largest absolute Gasteiger partial charge is 0.619 e. The Morgan fingerprint density at radius 2 is 1.78 bits per heavy atom. The summed E-state index contributed by atoms with van der Waals surface area (Å²) >= 11 is 0. The van der Waals surface area contributed by atoms with Gasteiger partial charge in [0, 0.05) is 36.1 Å². The molecule has 2 aromatic carbocycles. The summed E-state index contributed by atoms with van der Waals surface area (Å²) in [6.07, 6.45) is 4.32. The molecule has 0 bridgehead atoms. The third-order valence-corrected chi connectivity index (χ3v) is 5.98. The Labute approximate surface area is 209 Å². The lowest BCUT2D eigenvalue weighted by Gasteiger charge is -2.19. The van der Waals surface area contributed by atoms with Crippen LogP contribution in [0.25, 0.3) is 11.3 Å². The van der Waals surface area contributed by atoms with Crippen LogP contribution in [0.4, 0.5) is 17.2 Å². The van der Waals surface area contributed by atoms with Crippen LogP contribution in [-0.2, 0) is 12.5 Å². The van der Waals surface area contributed by atoms with Crippen LogP contribution in [0.2, 0.25) is 0 Å². The molecule has 4 rings (SSSR count). The molecule has 0 spiro atoms. The number of nitrogens with zero attached hydrogens (tertiary/aromatic N) is 3. The van der Waals surface area contributed by atoms with E-state index in [9.17, 15) is 14.8 Å². The smallest absolute Gasteiger partial charge is 0.293 e. The molecule has 2 aromatic heterocycles. The first-order chi connectivity index (χ1) is 17.0. The topological polar surface area (TPSA) is 103 Å². The van der Waals surface area contributed by atoms with E-state index in [2.05, 4.69) is 36.4 Å². The normalized spacial score (nSPS) is 11.2. The molecule has 1 amide bonds. The Balaban J connectivity index is 1.63. The number of carbonyl (C=O) groups is 1. The predicted octanol–water partition coefficient (Wildman–Crippen LogP) is 4.68. The van der Waals surface area contributed by atoms with E-state index in [0.717, 1.165) is 16.7 Å². The summed E-state index contributed by atoms with van der Waals surface area (Å²) in [5.41, 5.74) is 4.62. The Hall–Kier alpha value is -4.46. The van der Waals surface area contributed by atoms with E-state index in [-0.39, 0.29) is 22.7 Å². The van der Waals surface area contributed by atoms with Crippen LogP contribution >= 0.6 is 0 Å². The average molecular weight is 484 g/mol. The highest BCUT2D eigenvalue weighted by Crippen LogP contribution is 2.28. The Morgan fingerprint density at radius 1 is 1.06 bits per heavy atom. The number of amides is 1. The van der Waals surface area contributed by atoms with Crippen molar-refractivity contribution in [3.05, 3.63) is 105 Å². The summed E-state index contributed by atoms with van der Waals surface area (Å²) < 4.78 is 2.07. The first-order valence-electron chi connectivity index (χ1n) is 11.6. The molecule has 0 saturated heterocycles. The highest BCUT2D eigenvalue weighted by atomic mass is 16.5. The minimum absolute atomic E-state index is 0.00698. The van der Waals surface area contributed by atoms with E-state index in [1.807, 2.05) is 49.4 Å². The fourth-order valence-corrected chi connectivity index (χ4v) is 3.85. The van der Waals surface area contributed by atoms with Gasteiger partial charge in [0.2, 0.25) is 6.20 Å². The second-order valence-corrected chi connectivity index (χ2v) is 9.73. The van der Waals surface area contributed by atoms with Gasteiger partial charge in [0.25, 0.3) is 11.5 Å². The number of nitrogens with one attached hydrogen (secondary N) is 2. The molecule has 0 aliphatic carbocycles. The van der Waals surface area contributed by atoms with Gasteiger partial charge in [0.15, 0.2) is 12.0 Å². The molecule has 184 valence electrons. The molecule has 2 N–H and O–H groups in total. The zero-order chi connectivity index (χ0) is 26.0. The number of pyridine rings is 1. The Bertz CT molecular complexity index is 1480. The van der Waals surface area contributed by atoms with Crippen molar-refractivity contribution in [1.29, 1.82) is 0 Å². The molecular weight excluding hydrogens is 454 g/mol. The summed E-state index contributed by atoms with van der Waals surface area (Å²) in [6, 6.07) is 16.4. The van der Waals surface area contributed by atoms with Crippen molar-refractivity contribution in [1.82, 2.24) is 9.55 Å². The summed E-state index contributed by atoms with van der Waals surface area (Å²) in [5.74, 6) is -0.115. The number of benzene rings is 2. The number of aromatic nitrogens is 3. The van der Waals surface area contributed by atoms with E-state index < -0.39 is 0 Å². The molecule has 2 heterocycles. The lowest BCUT2D eigenvalue weighted by molar-refractivity contribution is -0.604. The lowest BCUT2D eigenvalue weighted by atomic mass is 9.86. The van der Waals surface area contributed by atoms with E-state index in [4.69, 9.17) is 0 Å². The van der Waals surface area contributed by atoms with Gasteiger partial charge in [-0.1, -0.05) is 45.0 Å². The second kappa shape index (κ2) is 9.65. The standard InChI is InChI=1S/C28H29N5O3/c1-18-22(24-17-32(5)27(35)25(30-24)29-21-8-7-15-33(36)16-21)9-6-10-23(18)31-26(34)19-11-13-20(14-12-19)28(2,3)4/h6-17H,1-5H3,(H,29,30)(H,31,34). The van der Waals surface area contributed by atoms with Crippen molar-refractivity contribution in [3.8, 4) is 11.3 Å². The zero-order valence-corrected chi connectivity index (χ0v) is 21.0. The van der Waals surface area contributed by atoms with Crippen molar-refractivity contribution in [2.24, 2.45) is 7.05 Å². The number of carbonyl (C=O) groups excluding carboxylic acids is 1. The number of rotatable bonds is 5. The molecule has 8 heteroatoms. The van der Waals surface area contributed by atoms with Crippen molar-refractivity contribution in [2.75, 3.05) is 10.6 Å². The summed E-state index contributed by atoms with van der Waals surface area (Å²) in [6.45, 7) is 8.28. The molecule has 36 heavy (non-hydrogen) atoms. The number of hydrogen-bond acceptors (Lipinski definition) is 5. The minimum Gasteiger partial charge on any atom is -0.619 e. The van der Waals surface area contributed by atoms with Crippen molar-refractivity contribution in [2.45, 2.75) is 33.1 Å². The fraction of sp³-hybridized carbons (Fsp3) is 0.214. The van der Waals surface area contributed by atoms with Crippen LogP contribution < -0.4 is 20.9 Å². The Morgan fingerprint density at radius 3 is 2.44 bits per heavy atom. The third-order valence-electron chi connectivity index (χ3n) is 5.98. The fourth-order valence-electron chi connectivity index (χ4n) is 3.85. The summed E-state index contributed by atoms with van der Waals surface area (Å²) in [4.78, 5) is 30.2. The van der Waals surface area contributed by atoms with Gasteiger partial charge < -0.3 is 20.4 Å². The van der Waals surface area contributed by atoms with Crippen LogP contribution in [0, 0.1) is 12.1 Å². The van der Waals surface area contributed by atoms with E-state index in [0.29, 0.717) is 27.4 Å². The summed E-state index contributed by atoms with van der Waals surface area (Å²) in [7, 11) is 1.64. The van der Waals surface area contributed by atoms with E-state index >= 15 is 0 Å². The zero-order valence-electron chi connectivity index (χ0n) is 21.0. The predicted molar refractivity (Wildman–Crippen MR) is 141 cm³/mol. The molecule has 0 aliphatic rings. The minimum atomic E-state index is -0.333. The maximum atomic E-state index is 12.9. The maximum absolute atomic E-state index is 12.9. The van der Waals surface area contributed by atoms with E-state index in [1.54, 1.807) is 25.4 Å². The highest BCUT2D eigenvalue weighted by molar-refractivity contribution is 6.05. The molecule has 0 unspecified atom stereocenters. The molecule has 0 aliphatic heterocycles.